The average Bonchev–Trinajstić information content (AvgIpc) is 2.57. The summed E-state index contributed by atoms with van der Waals surface area (Å²) in [5.41, 5.74) is 2.72. The molecule has 4 heteroatoms. The van der Waals surface area contributed by atoms with Crippen molar-refractivity contribution < 1.29 is 0 Å². The number of aryl methyl sites for hydroxylation is 2. The lowest BCUT2D eigenvalue weighted by molar-refractivity contribution is 0.146. The number of aromatic nitrogens is 2. The van der Waals surface area contributed by atoms with E-state index in [-0.39, 0.29) is 0 Å². The third-order valence-electron chi connectivity index (χ3n) is 4.85. The first kappa shape index (κ1) is 16.4. The van der Waals surface area contributed by atoms with E-state index in [0.717, 1.165) is 23.2 Å². The minimum absolute atomic E-state index is 0.402. The largest absolute Gasteiger partial charge is 0.257 e. The van der Waals surface area contributed by atoms with Crippen molar-refractivity contribution >= 4 is 27.5 Å². The summed E-state index contributed by atoms with van der Waals surface area (Å²) in [4.78, 5) is 0.608. The van der Waals surface area contributed by atoms with Crippen molar-refractivity contribution in [3.8, 4) is 0 Å². The first-order chi connectivity index (χ1) is 9.20. The molecule has 2 nitrogen and oxygen atoms in total. The normalized spacial score (nSPS) is 27.9. The van der Waals surface area contributed by atoms with E-state index in [1.165, 1.54) is 24.8 Å². The van der Waals surface area contributed by atoms with Gasteiger partial charge in [0.25, 0.3) is 0 Å². The van der Waals surface area contributed by atoms with Crippen LogP contribution in [0.5, 0.6) is 0 Å². The van der Waals surface area contributed by atoms with Gasteiger partial charge in [-0.1, -0.05) is 48.3 Å². The molecule has 0 amide bonds. The fourth-order valence-corrected chi connectivity index (χ4v) is 4.31. The number of hydrogen-bond acceptors (Lipinski definition) is 1. The zero-order valence-corrected chi connectivity index (χ0v) is 15.6. The highest BCUT2D eigenvalue weighted by molar-refractivity contribution is 9.09. The highest BCUT2D eigenvalue weighted by Gasteiger charge is 2.35. The second kappa shape index (κ2) is 6.00. The monoisotopic (exact) mass is 360 g/mol. The van der Waals surface area contributed by atoms with Crippen LogP contribution in [-0.2, 0) is 13.5 Å². The Morgan fingerprint density at radius 1 is 1.35 bits per heavy atom. The quantitative estimate of drug-likeness (QED) is 0.666. The third kappa shape index (κ3) is 3.41. The van der Waals surface area contributed by atoms with Crippen molar-refractivity contribution in [2.75, 3.05) is 0 Å². The van der Waals surface area contributed by atoms with Gasteiger partial charge in [-0.15, -0.1) is 0 Å². The Labute approximate surface area is 136 Å². The molecule has 0 aromatic carbocycles. The van der Waals surface area contributed by atoms with Gasteiger partial charge in [0, 0.05) is 17.4 Å². The smallest absolute Gasteiger partial charge is 0.130 e. The summed E-state index contributed by atoms with van der Waals surface area (Å²) in [6, 6.07) is 0. The molecule has 1 heterocycles. The summed E-state index contributed by atoms with van der Waals surface area (Å²) in [5.74, 6) is 1.46. The van der Waals surface area contributed by atoms with E-state index < -0.39 is 0 Å². The topological polar surface area (TPSA) is 17.8 Å². The Bertz CT molecular complexity index is 476. The van der Waals surface area contributed by atoms with Crippen LogP contribution < -0.4 is 0 Å². The first-order valence-electron chi connectivity index (χ1n) is 7.52. The Balaban J connectivity index is 2.14. The maximum atomic E-state index is 6.39. The predicted octanol–water partition coefficient (Wildman–Crippen LogP) is 5.15. The molecule has 3 unspecified atom stereocenters. The van der Waals surface area contributed by atoms with Gasteiger partial charge in [0.05, 0.1) is 5.69 Å². The van der Waals surface area contributed by atoms with Crippen LogP contribution in [0.25, 0.3) is 0 Å². The molecule has 1 aliphatic rings. The Kier molecular flexibility index (Phi) is 4.91. The molecule has 0 radical (unpaired) electrons. The van der Waals surface area contributed by atoms with Gasteiger partial charge in [-0.05, 0) is 49.9 Å². The average molecular weight is 362 g/mol. The van der Waals surface area contributed by atoms with Gasteiger partial charge >= 0.3 is 0 Å². The van der Waals surface area contributed by atoms with E-state index in [2.05, 4.69) is 48.7 Å². The lowest BCUT2D eigenvalue weighted by atomic mass is 9.68. The van der Waals surface area contributed by atoms with Crippen LogP contribution in [-0.4, -0.2) is 14.6 Å². The molecule has 1 aromatic rings. The van der Waals surface area contributed by atoms with E-state index in [4.69, 9.17) is 11.6 Å². The molecule has 0 bridgehead atoms. The summed E-state index contributed by atoms with van der Waals surface area (Å²) in [5, 5.41) is 5.24. The molecule has 3 atom stereocenters. The number of nitrogens with zero attached hydrogens (tertiary/aromatic N) is 2. The third-order valence-corrected chi connectivity index (χ3v) is 6.53. The molecule has 0 saturated heterocycles. The first-order valence-corrected chi connectivity index (χ1v) is 8.81. The van der Waals surface area contributed by atoms with E-state index in [9.17, 15) is 0 Å². The second-order valence-electron chi connectivity index (χ2n) is 7.33. The zero-order valence-electron chi connectivity index (χ0n) is 13.2. The Morgan fingerprint density at radius 3 is 2.50 bits per heavy atom. The zero-order chi connectivity index (χ0) is 15.1. The lowest BCUT2D eigenvalue weighted by Crippen LogP contribution is -2.33. The van der Waals surface area contributed by atoms with Crippen LogP contribution in [0.1, 0.15) is 51.3 Å². The predicted molar refractivity (Wildman–Crippen MR) is 89.7 cm³/mol. The van der Waals surface area contributed by atoms with Crippen molar-refractivity contribution in [3.63, 3.8) is 0 Å². The molecule has 2 rings (SSSR count). The van der Waals surface area contributed by atoms with Gasteiger partial charge in [0.1, 0.15) is 5.15 Å². The number of halogens is 2. The maximum absolute atomic E-state index is 6.39. The summed E-state index contributed by atoms with van der Waals surface area (Å²) in [6.45, 7) is 9.16. The van der Waals surface area contributed by atoms with Crippen molar-refractivity contribution in [1.29, 1.82) is 0 Å². The fraction of sp³-hybridized carbons (Fsp3) is 0.812. The molecule has 20 heavy (non-hydrogen) atoms. The van der Waals surface area contributed by atoms with Crippen LogP contribution >= 0.6 is 27.5 Å². The summed E-state index contributed by atoms with van der Waals surface area (Å²) < 4.78 is 1.79. The van der Waals surface area contributed by atoms with Gasteiger partial charge < -0.3 is 0 Å². The number of hydrogen-bond donors (Lipinski definition) is 0. The van der Waals surface area contributed by atoms with Crippen molar-refractivity contribution in [2.24, 2.45) is 24.3 Å². The number of alkyl halides is 1. The van der Waals surface area contributed by atoms with E-state index in [1.807, 2.05) is 7.05 Å². The van der Waals surface area contributed by atoms with Gasteiger partial charge in [-0.2, -0.15) is 5.10 Å². The molecule has 1 aliphatic carbocycles. The van der Waals surface area contributed by atoms with Crippen LogP contribution in [0, 0.1) is 24.2 Å². The van der Waals surface area contributed by atoms with Gasteiger partial charge in [-0.25, -0.2) is 0 Å². The molecular formula is C16H26BrClN2. The molecule has 0 spiro atoms. The van der Waals surface area contributed by atoms with Gasteiger partial charge in [0.2, 0.25) is 0 Å². The van der Waals surface area contributed by atoms with Crippen molar-refractivity contribution in [2.45, 2.75) is 58.2 Å². The minimum atomic E-state index is 0.402. The van der Waals surface area contributed by atoms with Crippen LogP contribution in [0.2, 0.25) is 5.15 Å². The molecule has 1 saturated carbocycles. The second-order valence-corrected chi connectivity index (χ2v) is 8.87. The summed E-state index contributed by atoms with van der Waals surface area (Å²) >= 11 is 10.3. The molecule has 114 valence electrons. The highest BCUT2D eigenvalue weighted by Crippen LogP contribution is 2.44. The standard InChI is InChI=1S/C16H26BrClN2/c1-10-13(15(18)20(5)19-10)9-11-8-12(16(2,3)4)6-7-14(11)17/h11-12,14H,6-9H2,1-5H3. The van der Waals surface area contributed by atoms with Crippen molar-refractivity contribution in [1.82, 2.24) is 9.78 Å². The molecular weight excluding hydrogens is 336 g/mol. The van der Waals surface area contributed by atoms with Gasteiger partial charge in [0.15, 0.2) is 0 Å². The van der Waals surface area contributed by atoms with E-state index >= 15 is 0 Å². The molecule has 0 aliphatic heterocycles. The summed E-state index contributed by atoms with van der Waals surface area (Å²) in [7, 11) is 1.92. The Hall–Kier alpha value is -0.0200. The van der Waals surface area contributed by atoms with E-state index in [1.54, 1.807) is 4.68 Å². The van der Waals surface area contributed by atoms with Crippen LogP contribution in [0.3, 0.4) is 0 Å². The number of rotatable bonds is 2. The fourth-order valence-electron chi connectivity index (χ4n) is 3.39. The summed E-state index contributed by atoms with van der Waals surface area (Å²) in [6.07, 6.45) is 4.92. The van der Waals surface area contributed by atoms with Crippen LogP contribution in [0.15, 0.2) is 0 Å². The minimum Gasteiger partial charge on any atom is -0.257 e. The molecule has 1 aromatic heterocycles. The maximum Gasteiger partial charge on any atom is 0.130 e. The highest BCUT2D eigenvalue weighted by atomic mass is 79.9. The van der Waals surface area contributed by atoms with Gasteiger partial charge in [-0.3, -0.25) is 4.68 Å². The molecule has 1 fully saturated rings. The molecule has 0 N–H and O–H groups in total. The Morgan fingerprint density at radius 2 is 2.00 bits per heavy atom. The lowest BCUT2D eigenvalue weighted by Gasteiger charge is -2.40. The van der Waals surface area contributed by atoms with E-state index in [0.29, 0.717) is 16.2 Å². The van der Waals surface area contributed by atoms with Crippen LogP contribution in [0.4, 0.5) is 0 Å². The SMILES string of the molecule is Cc1nn(C)c(Cl)c1CC1CC(C(C)(C)C)CCC1Br. The van der Waals surface area contributed by atoms with Crippen molar-refractivity contribution in [3.05, 3.63) is 16.4 Å².